The van der Waals surface area contributed by atoms with Crippen molar-refractivity contribution >= 4 is 18.6 Å². The zero-order chi connectivity index (χ0) is 4.50. The molecule has 0 fully saturated rings. The summed E-state index contributed by atoms with van der Waals surface area (Å²) in [7, 11) is 8.74. The molecule has 0 saturated carbocycles. The summed E-state index contributed by atoms with van der Waals surface area (Å²) < 4.78 is 18.5. The molecule has 0 bridgehead atoms. The predicted molar refractivity (Wildman–Crippen MR) is 13.1 cm³/mol. The van der Waals surface area contributed by atoms with E-state index in [-0.39, 0.29) is 0 Å². The molecule has 0 heterocycles. The zero-order valence-corrected chi connectivity index (χ0v) is 5.15. The Morgan fingerprint density at radius 3 is 1.20 bits per heavy atom. The second-order valence-electron chi connectivity index (χ2n) is 0.463. The predicted octanol–water partition coefficient (Wildman–Crippen LogP) is 1.14. The van der Waals surface area contributed by atoms with E-state index in [4.69, 9.17) is 0 Å². The molecule has 5 heavy (non-hydrogen) atoms. The minimum atomic E-state index is -4.56. The van der Waals surface area contributed by atoms with Gasteiger partial charge < -0.3 is 0 Å². The van der Waals surface area contributed by atoms with Crippen molar-refractivity contribution in [3.8, 4) is 0 Å². The van der Waals surface area contributed by atoms with Crippen LogP contribution in [0.2, 0.25) is 0 Å². The molecule has 0 unspecified atom stereocenters. The van der Waals surface area contributed by atoms with E-state index in [2.05, 4.69) is 18.6 Å². The topological polar surface area (TPSA) is 34.1 Å². The Morgan fingerprint density at radius 2 is 1.20 bits per heavy atom. The quantitative estimate of drug-likeness (QED) is 0.486. The second-order valence-corrected chi connectivity index (χ2v) is 6.81. The van der Waals surface area contributed by atoms with E-state index in [1.165, 1.54) is 0 Å². The molecule has 30 valence electrons. The molecule has 0 aromatic heterocycles. The average Bonchev–Trinajstić information content (AvgIpc) is 0.722. The first-order valence-corrected chi connectivity index (χ1v) is 6.36. The van der Waals surface area contributed by atoms with Gasteiger partial charge in [0.2, 0.25) is 0 Å². The van der Waals surface area contributed by atoms with Crippen LogP contribution in [-0.4, -0.2) is 0 Å². The number of rotatable bonds is 0. The third kappa shape index (κ3) is 51.3. The van der Waals surface area contributed by atoms with Crippen LogP contribution in [0.4, 0.5) is 0 Å². The molecular formula is Cl2O2Ti. The summed E-state index contributed by atoms with van der Waals surface area (Å²) in [6, 6.07) is 0. The van der Waals surface area contributed by atoms with Crippen molar-refractivity contribution in [3.05, 3.63) is 0 Å². The molecule has 0 aromatic carbocycles. The van der Waals surface area contributed by atoms with Gasteiger partial charge in [0.1, 0.15) is 0 Å². The molecule has 0 amide bonds. The monoisotopic (exact) mass is 150 g/mol. The van der Waals surface area contributed by atoms with Crippen molar-refractivity contribution in [3.63, 3.8) is 0 Å². The fraction of sp³-hybridized carbons (Fsp3) is 0. The maximum absolute atomic E-state index is 9.27. The summed E-state index contributed by atoms with van der Waals surface area (Å²) in [5, 5.41) is 0. The van der Waals surface area contributed by atoms with Gasteiger partial charge in [-0.2, -0.15) is 0 Å². The van der Waals surface area contributed by atoms with Gasteiger partial charge in [-0.15, -0.1) is 0 Å². The molecule has 0 N–H and O–H groups in total. The number of hydrogen-bond donors (Lipinski definition) is 0. The van der Waals surface area contributed by atoms with E-state index in [1.807, 2.05) is 0 Å². The van der Waals surface area contributed by atoms with Crippen molar-refractivity contribution in [2.24, 2.45) is 0 Å². The molecule has 2 nitrogen and oxygen atoms in total. The Morgan fingerprint density at radius 1 is 1.20 bits per heavy atom. The molecule has 0 saturated heterocycles. The van der Waals surface area contributed by atoms with E-state index >= 15 is 0 Å². The van der Waals surface area contributed by atoms with Crippen molar-refractivity contribution in [2.45, 2.75) is 0 Å². The summed E-state index contributed by atoms with van der Waals surface area (Å²) in [5.74, 6) is 0. The second kappa shape index (κ2) is 1.56. The Labute approximate surface area is 39.8 Å². The summed E-state index contributed by atoms with van der Waals surface area (Å²) in [4.78, 5) is 0. The van der Waals surface area contributed by atoms with Gasteiger partial charge in [0.25, 0.3) is 0 Å². The van der Waals surface area contributed by atoms with Crippen LogP contribution in [0.25, 0.3) is 0 Å². The van der Waals surface area contributed by atoms with Crippen LogP contribution in [0.15, 0.2) is 0 Å². The molecule has 0 atom stereocenters. The van der Waals surface area contributed by atoms with E-state index in [0.29, 0.717) is 0 Å². The van der Waals surface area contributed by atoms with Crippen LogP contribution in [0.5, 0.6) is 0 Å². The average molecular weight is 151 g/mol. The molecule has 0 aliphatic carbocycles. The van der Waals surface area contributed by atoms with Gasteiger partial charge in [-0.25, -0.2) is 0 Å². The van der Waals surface area contributed by atoms with Crippen LogP contribution in [0, 0.1) is 0 Å². The molecule has 0 aliphatic rings. The molecule has 5 heteroatoms. The third-order valence-electron chi connectivity index (χ3n) is 0. The van der Waals surface area contributed by atoms with Gasteiger partial charge in [-0.3, -0.25) is 0 Å². The fourth-order valence-corrected chi connectivity index (χ4v) is 0. The normalized spacial score (nSPS) is 8.40. The Kier molecular flexibility index (Phi) is 1.84. The summed E-state index contributed by atoms with van der Waals surface area (Å²) >= 11 is -4.56. The van der Waals surface area contributed by atoms with Crippen LogP contribution >= 0.6 is 18.6 Å². The van der Waals surface area contributed by atoms with Gasteiger partial charge in [0.15, 0.2) is 0 Å². The van der Waals surface area contributed by atoms with E-state index in [9.17, 15) is 6.65 Å². The molecule has 0 aromatic rings. The first-order valence-electron chi connectivity index (χ1n) is 0.786. The van der Waals surface area contributed by atoms with Crippen LogP contribution in [-0.2, 0) is 21.1 Å². The van der Waals surface area contributed by atoms with Gasteiger partial charge in [-0.1, -0.05) is 0 Å². The molecular weight excluding hydrogens is 151 g/mol. The first kappa shape index (κ1) is 5.89. The zero-order valence-electron chi connectivity index (χ0n) is 2.07. The van der Waals surface area contributed by atoms with Crippen LogP contribution < -0.4 is 0 Å². The van der Waals surface area contributed by atoms with Gasteiger partial charge in [0, 0.05) is 0 Å². The van der Waals surface area contributed by atoms with Gasteiger partial charge in [-0.05, 0) is 0 Å². The van der Waals surface area contributed by atoms with Crippen LogP contribution in [0.1, 0.15) is 0 Å². The molecule has 0 aliphatic heterocycles. The van der Waals surface area contributed by atoms with Crippen molar-refractivity contribution < 1.29 is 21.1 Å². The van der Waals surface area contributed by atoms with Crippen molar-refractivity contribution in [1.29, 1.82) is 0 Å². The number of hydrogen-bond acceptors (Lipinski definition) is 2. The summed E-state index contributed by atoms with van der Waals surface area (Å²) in [6.45, 7) is 0. The molecule has 0 spiro atoms. The van der Waals surface area contributed by atoms with Gasteiger partial charge >= 0.3 is 39.7 Å². The van der Waals surface area contributed by atoms with Crippen molar-refractivity contribution in [1.82, 2.24) is 0 Å². The fourth-order valence-electron chi connectivity index (χ4n) is 0. The summed E-state index contributed by atoms with van der Waals surface area (Å²) in [5.41, 5.74) is 0. The van der Waals surface area contributed by atoms with E-state index < -0.39 is 14.4 Å². The van der Waals surface area contributed by atoms with Crippen LogP contribution in [0.3, 0.4) is 0 Å². The Bertz CT molecular complexity index is 90.8. The van der Waals surface area contributed by atoms with Crippen molar-refractivity contribution in [2.75, 3.05) is 0 Å². The Balaban J connectivity index is 4.06. The molecule has 0 rings (SSSR count). The number of halogens is 2. The SMILES string of the molecule is [O]=[Ti](=[O])([Cl])[Cl]. The maximum atomic E-state index is 9.27. The Hall–Kier alpha value is 0.894. The summed E-state index contributed by atoms with van der Waals surface area (Å²) in [6.07, 6.45) is 0. The standard InChI is InChI=1S/2ClH.2O.Ti/h2*1H;;;/q;;;;+2/p-2. The first-order chi connectivity index (χ1) is 2.00. The minimum absolute atomic E-state index is 4.37. The van der Waals surface area contributed by atoms with E-state index in [1.54, 1.807) is 0 Å². The third-order valence-corrected chi connectivity index (χ3v) is 0. The van der Waals surface area contributed by atoms with E-state index in [0.717, 1.165) is 0 Å². The van der Waals surface area contributed by atoms with Gasteiger partial charge in [0.05, 0.1) is 0 Å². The molecule has 0 radical (unpaired) electrons.